The van der Waals surface area contributed by atoms with E-state index < -0.39 is 10.0 Å². The van der Waals surface area contributed by atoms with E-state index in [0.29, 0.717) is 24.9 Å². The Morgan fingerprint density at radius 3 is 2.91 bits per heavy atom. The Labute approximate surface area is 132 Å². The first-order valence-corrected chi connectivity index (χ1v) is 9.11. The second-order valence-corrected chi connectivity index (χ2v) is 7.60. The molecule has 1 aliphatic rings. The number of hydrogen-bond acceptors (Lipinski definition) is 5. The van der Waals surface area contributed by atoms with Crippen molar-refractivity contribution in [3.63, 3.8) is 0 Å². The van der Waals surface area contributed by atoms with E-state index in [1.165, 1.54) is 0 Å². The number of likely N-dealkylation sites (tertiary alicyclic amines) is 1. The SMILES string of the molecule is COCCN1CCCC(CNS(=O)(=O)c2cn(C)c(C)n2)C1. The summed E-state index contributed by atoms with van der Waals surface area (Å²) in [6, 6.07) is 0. The standard InChI is InChI=1S/C14H26N4O3S/c1-12-16-14(11-17(12)2)22(19,20)15-9-13-5-4-6-18(10-13)7-8-21-3/h11,13,15H,4-10H2,1-3H3. The van der Waals surface area contributed by atoms with Gasteiger partial charge in [-0.3, -0.25) is 0 Å². The molecule has 2 heterocycles. The molecule has 0 spiro atoms. The quantitative estimate of drug-likeness (QED) is 0.781. The molecule has 0 saturated carbocycles. The van der Waals surface area contributed by atoms with Crippen molar-refractivity contribution in [1.29, 1.82) is 0 Å². The lowest BCUT2D eigenvalue weighted by molar-refractivity contribution is 0.115. The first-order valence-electron chi connectivity index (χ1n) is 7.63. The number of aryl methyl sites for hydroxylation is 2. The summed E-state index contributed by atoms with van der Waals surface area (Å²) < 4.78 is 34.1. The average Bonchev–Trinajstić information content (AvgIpc) is 2.84. The van der Waals surface area contributed by atoms with Crippen molar-refractivity contribution >= 4 is 10.0 Å². The zero-order valence-corrected chi connectivity index (χ0v) is 14.4. The van der Waals surface area contributed by atoms with E-state index >= 15 is 0 Å². The van der Waals surface area contributed by atoms with Gasteiger partial charge in [0.15, 0.2) is 5.03 Å². The van der Waals surface area contributed by atoms with Crippen molar-refractivity contribution in [2.24, 2.45) is 13.0 Å². The van der Waals surface area contributed by atoms with Crippen molar-refractivity contribution in [3.8, 4) is 0 Å². The van der Waals surface area contributed by atoms with Crippen LogP contribution < -0.4 is 4.72 Å². The fraction of sp³-hybridized carbons (Fsp3) is 0.786. The molecule has 1 N–H and O–H groups in total. The minimum absolute atomic E-state index is 0.0968. The van der Waals surface area contributed by atoms with Crippen LogP contribution in [0.2, 0.25) is 0 Å². The number of nitrogens with one attached hydrogen (secondary N) is 1. The molecule has 0 bridgehead atoms. The molecule has 22 heavy (non-hydrogen) atoms. The fourth-order valence-corrected chi connectivity index (χ4v) is 3.85. The molecule has 7 nitrogen and oxygen atoms in total. The van der Waals surface area contributed by atoms with Gasteiger partial charge in [-0.25, -0.2) is 18.1 Å². The van der Waals surface area contributed by atoms with E-state index in [2.05, 4.69) is 14.6 Å². The molecule has 0 radical (unpaired) electrons. The Balaban J connectivity index is 1.88. The Morgan fingerprint density at radius 2 is 2.27 bits per heavy atom. The maximum Gasteiger partial charge on any atom is 0.259 e. The van der Waals surface area contributed by atoms with Crippen LogP contribution in [-0.4, -0.2) is 62.8 Å². The van der Waals surface area contributed by atoms with E-state index in [-0.39, 0.29) is 5.03 Å². The van der Waals surface area contributed by atoms with Crippen LogP contribution in [0, 0.1) is 12.8 Å². The Morgan fingerprint density at radius 1 is 1.50 bits per heavy atom. The lowest BCUT2D eigenvalue weighted by atomic mass is 9.98. The second-order valence-electron chi connectivity index (χ2n) is 5.89. The van der Waals surface area contributed by atoms with Gasteiger partial charge >= 0.3 is 0 Å². The number of rotatable bonds is 7. The highest BCUT2D eigenvalue weighted by Crippen LogP contribution is 2.16. The normalized spacial score (nSPS) is 20.4. The first kappa shape index (κ1) is 17.4. The third-order valence-corrected chi connectivity index (χ3v) is 5.43. The van der Waals surface area contributed by atoms with Gasteiger partial charge in [-0.15, -0.1) is 0 Å². The van der Waals surface area contributed by atoms with Crippen molar-refractivity contribution in [3.05, 3.63) is 12.0 Å². The summed E-state index contributed by atoms with van der Waals surface area (Å²) in [5.74, 6) is 1.02. The number of piperidine rings is 1. The largest absolute Gasteiger partial charge is 0.383 e. The van der Waals surface area contributed by atoms with E-state index in [9.17, 15) is 8.42 Å². The van der Waals surface area contributed by atoms with Gasteiger partial charge in [-0.2, -0.15) is 0 Å². The maximum absolute atomic E-state index is 12.3. The van der Waals surface area contributed by atoms with Gasteiger partial charge < -0.3 is 14.2 Å². The smallest absolute Gasteiger partial charge is 0.259 e. The molecule has 2 rings (SSSR count). The van der Waals surface area contributed by atoms with Crippen LogP contribution in [0.3, 0.4) is 0 Å². The van der Waals surface area contributed by atoms with E-state index in [4.69, 9.17) is 4.74 Å². The van der Waals surface area contributed by atoms with Crippen LogP contribution >= 0.6 is 0 Å². The van der Waals surface area contributed by atoms with Crippen LogP contribution in [0.5, 0.6) is 0 Å². The van der Waals surface area contributed by atoms with E-state index in [0.717, 1.165) is 32.5 Å². The minimum atomic E-state index is -3.52. The van der Waals surface area contributed by atoms with Gasteiger partial charge in [0.2, 0.25) is 0 Å². The fourth-order valence-electron chi connectivity index (χ4n) is 2.70. The van der Waals surface area contributed by atoms with Crippen LogP contribution in [0.25, 0.3) is 0 Å². The molecular weight excluding hydrogens is 304 g/mol. The number of methoxy groups -OCH3 is 1. The van der Waals surface area contributed by atoms with Crippen LogP contribution in [0.4, 0.5) is 0 Å². The maximum atomic E-state index is 12.3. The molecular formula is C14H26N4O3S. The molecule has 1 saturated heterocycles. The number of ether oxygens (including phenoxy) is 1. The summed E-state index contributed by atoms with van der Waals surface area (Å²) >= 11 is 0. The monoisotopic (exact) mass is 330 g/mol. The summed E-state index contributed by atoms with van der Waals surface area (Å²) in [7, 11) is -0.0342. The Kier molecular flexibility index (Phi) is 5.96. The molecule has 0 aliphatic carbocycles. The summed E-state index contributed by atoms with van der Waals surface area (Å²) in [4.78, 5) is 6.42. The average molecular weight is 330 g/mol. The highest BCUT2D eigenvalue weighted by atomic mass is 32.2. The molecule has 0 aromatic carbocycles. The lowest BCUT2D eigenvalue weighted by Crippen LogP contribution is -2.42. The van der Waals surface area contributed by atoms with Crippen molar-refractivity contribution in [2.75, 3.05) is 39.9 Å². The molecule has 1 atom stereocenters. The topological polar surface area (TPSA) is 76.5 Å². The third-order valence-electron chi connectivity index (χ3n) is 4.14. The molecule has 1 fully saturated rings. The summed E-state index contributed by atoms with van der Waals surface area (Å²) in [6.07, 6.45) is 3.69. The lowest BCUT2D eigenvalue weighted by Gasteiger charge is -2.32. The molecule has 1 aromatic heterocycles. The molecule has 126 valence electrons. The summed E-state index contributed by atoms with van der Waals surface area (Å²) in [6.45, 7) is 5.83. The molecule has 8 heteroatoms. The molecule has 1 aliphatic heterocycles. The molecule has 1 unspecified atom stereocenters. The van der Waals surface area contributed by atoms with Gasteiger partial charge in [0.1, 0.15) is 5.82 Å². The van der Waals surface area contributed by atoms with Crippen LogP contribution in [0.15, 0.2) is 11.2 Å². The number of imidazole rings is 1. The highest BCUT2D eigenvalue weighted by molar-refractivity contribution is 7.89. The Hall–Kier alpha value is -0.960. The zero-order chi connectivity index (χ0) is 16.2. The van der Waals surface area contributed by atoms with E-state index in [1.807, 2.05) is 0 Å². The van der Waals surface area contributed by atoms with Crippen molar-refractivity contribution in [1.82, 2.24) is 19.2 Å². The number of nitrogens with zero attached hydrogens (tertiary/aromatic N) is 3. The van der Waals surface area contributed by atoms with Crippen molar-refractivity contribution < 1.29 is 13.2 Å². The first-order chi connectivity index (χ1) is 10.4. The predicted molar refractivity (Wildman–Crippen MR) is 84.2 cm³/mol. The number of sulfonamides is 1. The van der Waals surface area contributed by atoms with Gasteiger partial charge in [-0.05, 0) is 32.2 Å². The number of aromatic nitrogens is 2. The predicted octanol–water partition coefficient (Wildman–Crippen LogP) is 0.365. The highest BCUT2D eigenvalue weighted by Gasteiger charge is 2.23. The van der Waals surface area contributed by atoms with Crippen LogP contribution in [-0.2, 0) is 21.8 Å². The second kappa shape index (κ2) is 7.54. The zero-order valence-electron chi connectivity index (χ0n) is 13.6. The third kappa shape index (κ3) is 4.52. The van der Waals surface area contributed by atoms with Crippen molar-refractivity contribution in [2.45, 2.75) is 24.8 Å². The summed E-state index contributed by atoms with van der Waals surface area (Å²) in [5, 5.41) is 0.0968. The molecule has 1 aromatic rings. The van der Waals surface area contributed by atoms with E-state index in [1.54, 1.807) is 31.8 Å². The molecule has 0 amide bonds. The number of hydrogen-bond donors (Lipinski definition) is 1. The summed E-state index contributed by atoms with van der Waals surface area (Å²) in [5.41, 5.74) is 0. The van der Waals surface area contributed by atoms with Gasteiger partial charge in [0.05, 0.1) is 6.61 Å². The Bertz CT molecular complexity index is 565. The van der Waals surface area contributed by atoms with Crippen LogP contribution in [0.1, 0.15) is 18.7 Å². The van der Waals surface area contributed by atoms with Gasteiger partial charge in [-0.1, -0.05) is 0 Å². The minimum Gasteiger partial charge on any atom is -0.383 e. The van der Waals surface area contributed by atoms with Gasteiger partial charge in [0, 0.05) is 40.0 Å². The van der Waals surface area contributed by atoms with Gasteiger partial charge in [0.25, 0.3) is 10.0 Å².